The number of aromatic amines is 1. The molecule has 3 aromatic rings. The zero-order valence-electron chi connectivity index (χ0n) is 9.77. The number of fused-ring (bicyclic) bond motifs is 1. The van der Waals surface area contributed by atoms with Gasteiger partial charge >= 0.3 is 0 Å². The maximum atomic E-state index is 13.0. The van der Waals surface area contributed by atoms with Gasteiger partial charge in [0.25, 0.3) is 0 Å². The molecule has 3 heterocycles. The number of rotatable bonds is 1. The molecule has 0 fully saturated rings. The Hall–Kier alpha value is -2.58. The van der Waals surface area contributed by atoms with Crippen LogP contribution in [-0.4, -0.2) is 15.1 Å². The summed E-state index contributed by atoms with van der Waals surface area (Å²) in [6.07, 6.45) is 1.15. The fourth-order valence-electron chi connectivity index (χ4n) is 1.71. The molecular formula is C14H9FN2O2. The summed E-state index contributed by atoms with van der Waals surface area (Å²) in [6, 6.07) is 6.44. The summed E-state index contributed by atoms with van der Waals surface area (Å²) >= 11 is 0. The highest BCUT2D eigenvalue weighted by molar-refractivity contribution is 5.77. The van der Waals surface area contributed by atoms with Gasteiger partial charge in [-0.25, -0.2) is 9.37 Å². The summed E-state index contributed by atoms with van der Waals surface area (Å²) in [6.45, 7) is -0.155. The van der Waals surface area contributed by atoms with Crippen LogP contribution >= 0.6 is 0 Å². The van der Waals surface area contributed by atoms with E-state index in [0.29, 0.717) is 28.2 Å². The molecule has 0 saturated heterocycles. The third-order valence-corrected chi connectivity index (χ3v) is 2.57. The van der Waals surface area contributed by atoms with Crippen molar-refractivity contribution >= 4 is 11.0 Å². The quantitative estimate of drug-likeness (QED) is 0.656. The van der Waals surface area contributed by atoms with E-state index in [1.165, 1.54) is 6.07 Å². The highest BCUT2D eigenvalue weighted by Gasteiger charge is 2.01. The molecule has 3 rings (SSSR count). The van der Waals surface area contributed by atoms with Crippen molar-refractivity contribution in [2.75, 3.05) is 0 Å². The van der Waals surface area contributed by atoms with Crippen molar-refractivity contribution in [1.82, 2.24) is 9.97 Å². The first-order chi connectivity index (χ1) is 9.24. The molecule has 0 unspecified atom stereocenters. The van der Waals surface area contributed by atoms with E-state index >= 15 is 0 Å². The number of furan rings is 1. The number of pyridine rings is 1. The van der Waals surface area contributed by atoms with Crippen molar-refractivity contribution in [1.29, 1.82) is 0 Å². The number of aliphatic hydroxyl groups is 1. The number of hydrogen-bond donors (Lipinski definition) is 2. The van der Waals surface area contributed by atoms with E-state index in [9.17, 15) is 4.39 Å². The number of halogens is 1. The first kappa shape index (κ1) is 11.5. The van der Waals surface area contributed by atoms with Crippen LogP contribution in [0.4, 0.5) is 4.39 Å². The fraction of sp³-hybridized carbons (Fsp3) is 0.0714. The Morgan fingerprint density at radius 2 is 2.21 bits per heavy atom. The second-order valence-electron chi connectivity index (χ2n) is 3.95. The van der Waals surface area contributed by atoms with Gasteiger partial charge in [-0.15, -0.1) is 0 Å². The topological polar surface area (TPSA) is 62.1 Å². The molecular weight excluding hydrogens is 247 g/mol. The molecule has 4 nitrogen and oxygen atoms in total. The van der Waals surface area contributed by atoms with Gasteiger partial charge < -0.3 is 14.5 Å². The van der Waals surface area contributed by atoms with Crippen LogP contribution < -0.4 is 0 Å². The van der Waals surface area contributed by atoms with Gasteiger partial charge in [0.15, 0.2) is 5.76 Å². The molecule has 0 amide bonds. The van der Waals surface area contributed by atoms with Crippen molar-refractivity contribution in [3.8, 4) is 11.8 Å². The monoisotopic (exact) mass is 256 g/mol. The van der Waals surface area contributed by atoms with Gasteiger partial charge in [0.2, 0.25) is 0 Å². The molecule has 3 aromatic heterocycles. The molecule has 19 heavy (non-hydrogen) atoms. The zero-order valence-corrected chi connectivity index (χ0v) is 9.77. The molecule has 0 aliphatic rings. The molecule has 2 N–H and O–H groups in total. The standard InChI is InChI=1S/C14H9FN2O2/c15-10-5-9-6-11(17-14(9)16-7-10)1-2-12-3-4-13(8-18)19-12/h3-7,18H,8H2,(H,16,17). The average molecular weight is 256 g/mol. The van der Waals surface area contributed by atoms with Crippen LogP contribution in [0.15, 0.2) is 34.9 Å². The van der Waals surface area contributed by atoms with E-state index in [1.807, 2.05) is 0 Å². The minimum Gasteiger partial charge on any atom is -0.450 e. The zero-order chi connectivity index (χ0) is 13.2. The average Bonchev–Trinajstić information content (AvgIpc) is 3.01. The molecule has 5 heteroatoms. The van der Waals surface area contributed by atoms with Crippen molar-refractivity contribution < 1.29 is 13.9 Å². The molecule has 0 aliphatic carbocycles. The number of aromatic nitrogens is 2. The van der Waals surface area contributed by atoms with Gasteiger partial charge in [-0.3, -0.25) is 0 Å². The smallest absolute Gasteiger partial charge is 0.177 e. The maximum absolute atomic E-state index is 13.0. The van der Waals surface area contributed by atoms with E-state index in [2.05, 4.69) is 21.8 Å². The molecule has 0 spiro atoms. The Labute approximate surface area is 107 Å². The fourth-order valence-corrected chi connectivity index (χ4v) is 1.71. The lowest BCUT2D eigenvalue weighted by molar-refractivity contribution is 0.246. The van der Waals surface area contributed by atoms with Crippen molar-refractivity contribution in [2.24, 2.45) is 0 Å². The number of hydrogen-bond acceptors (Lipinski definition) is 3. The minimum atomic E-state index is -0.385. The van der Waals surface area contributed by atoms with Gasteiger partial charge in [0.1, 0.15) is 23.8 Å². The minimum absolute atomic E-state index is 0.155. The van der Waals surface area contributed by atoms with Crippen LogP contribution in [0.1, 0.15) is 17.2 Å². The van der Waals surface area contributed by atoms with Crippen LogP contribution in [-0.2, 0) is 6.61 Å². The lowest BCUT2D eigenvalue weighted by atomic mass is 10.3. The Bertz CT molecular complexity index is 792. The number of aliphatic hydroxyl groups excluding tert-OH is 1. The van der Waals surface area contributed by atoms with Crippen molar-refractivity contribution in [2.45, 2.75) is 6.61 Å². The number of nitrogens with one attached hydrogen (secondary N) is 1. The van der Waals surface area contributed by atoms with E-state index in [0.717, 1.165) is 6.20 Å². The van der Waals surface area contributed by atoms with Crippen molar-refractivity contribution in [3.05, 3.63) is 53.5 Å². The largest absolute Gasteiger partial charge is 0.450 e. The predicted molar refractivity (Wildman–Crippen MR) is 66.7 cm³/mol. The van der Waals surface area contributed by atoms with Crippen molar-refractivity contribution in [3.63, 3.8) is 0 Å². The number of nitrogens with zero attached hydrogens (tertiary/aromatic N) is 1. The summed E-state index contributed by atoms with van der Waals surface area (Å²) in [5, 5.41) is 9.53. The van der Waals surface area contributed by atoms with Gasteiger partial charge in [-0.05, 0) is 36.1 Å². The van der Waals surface area contributed by atoms with Crippen LogP contribution in [0.3, 0.4) is 0 Å². The van der Waals surface area contributed by atoms with Gasteiger partial charge in [0.05, 0.1) is 11.9 Å². The summed E-state index contributed by atoms with van der Waals surface area (Å²) in [4.78, 5) is 6.89. The Balaban J connectivity index is 1.93. The first-order valence-corrected chi connectivity index (χ1v) is 5.60. The van der Waals surface area contributed by atoms with Crippen LogP contribution in [0.25, 0.3) is 11.0 Å². The second kappa shape index (κ2) is 4.59. The molecule has 0 aromatic carbocycles. The highest BCUT2D eigenvalue weighted by Crippen LogP contribution is 2.13. The summed E-state index contributed by atoms with van der Waals surface area (Å²) in [7, 11) is 0. The summed E-state index contributed by atoms with van der Waals surface area (Å²) in [5.41, 5.74) is 1.20. The Morgan fingerprint density at radius 1 is 1.32 bits per heavy atom. The third kappa shape index (κ3) is 2.34. The van der Waals surface area contributed by atoms with Crippen LogP contribution in [0.2, 0.25) is 0 Å². The molecule has 0 aliphatic heterocycles. The molecule has 0 bridgehead atoms. The summed E-state index contributed by atoms with van der Waals surface area (Å²) < 4.78 is 18.2. The van der Waals surface area contributed by atoms with E-state index in [-0.39, 0.29) is 12.4 Å². The maximum Gasteiger partial charge on any atom is 0.177 e. The van der Waals surface area contributed by atoms with E-state index in [4.69, 9.17) is 9.52 Å². The Kier molecular flexibility index (Phi) is 2.78. The SMILES string of the molecule is OCc1ccc(C#Cc2cc3cc(F)cnc3[nH]2)o1. The first-order valence-electron chi connectivity index (χ1n) is 5.60. The van der Waals surface area contributed by atoms with E-state index < -0.39 is 0 Å². The van der Waals surface area contributed by atoms with Gasteiger partial charge in [0, 0.05) is 5.39 Å². The predicted octanol–water partition coefficient (Wildman–Crippen LogP) is 2.19. The molecule has 0 radical (unpaired) electrons. The van der Waals surface area contributed by atoms with Gasteiger partial charge in [-0.1, -0.05) is 0 Å². The third-order valence-electron chi connectivity index (χ3n) is 2.57. The Morgan fingerprint density at radius 3 is 3.00 bits per heavy atom. The summed E-state index contributed by atoms with van der Waals surface area (Å²) in [5.74, 6) is 6.21. The second-order valence-corrected chi connectivity index (χ2v) is 3.95. The molecule has 94 valence electrons. The van der Waals surface area contributed by atoms with Crippen LogP contribution in [0.5, 0.6) is 0 Å². The lowest BCUT2D eigenvalue weighted by Gasteiger charge is -1.86. The normalized spacial score (nSPS) is 10.4. The molecule has 0 saturated carbocycles. The molecule has 0 atom stereocenters. The lowest BCUT2D eigenvalue weighted by Crippen LogP contribution is -1.78. The van der Waals surface area contributed by atoms with E-state index in [1.54, 1.807) is 18.2 Å². The van der Waals surface area contributed by atoms with Crippen LogP contribution in [0, 0.1) is 17.7 Å². The highest BCUT2D eigenvalue weighted by atomic mass is 19.1. The number of H-pyrrole nitrogens is 1. The van der Waals surface area contributed by atoms with Gasteiger partial charge in [-0.2, -0.15) is 0 Å².